The zero-order chi connectivity index (χ0) is 4.57. The zero-order valence-corrected chi connectivity index (χ0v) is 4.29. The van der Waals surface area contributed by atoms with Gasteiger partial charge in [0, 0.05) is 7.05 Å². The van der Waals surface area contributed by atoms with E-state index in [2.05, 4.69) is 0 Å². The average Bonchev–Trinajstić information content (AvgIpc) is 1.61. The van der Waals surface area contributed by atoms with E-state index in [1.807, 2.05) is 0 Å². The van der Waals surface area contributed by atoms with Crippen LogP contribution < -0.4 is 0 Å². The van der Waals surface area contributed by atoms with Gasteiger partial charge >= 0.3 is 0 Å². The predicted molar refractivity (Wildman–Crippen MR) is 25.6 cm³/mol. The molecule has 0 unspecified atom stereocenters. The van der Waals surface area contributed by atoms with Crippen LogP contribution in [0.2, 0.25) is 0 Å². The molecule has 1 aliphatic heterocycles. The van der Waals surface area contributed by atoms with Crippen LogP contribution in [0.3, 0.4) is 0 Å². The van der Waals surface area contributed by atoms with E-state index in [1.54, 1.807) is 11.9 Å². The minimum atomic E-state index is 0.190. The Morgan fingerprint density at radius 1 is 2.00 bits per heavy atom. The van der Waals surface area contributed by atoms with Crippen LogP contribution in [0.1, 0.15) is 0 Å². The van der Waals surface area contributed by atoms with E-state index in [0.717, 1.165) is 5.88 Å². The molecule has 0 aromatic heterocycles. The molecule has 1 amide bonds. The van der Waals surface area contributed by atoms with Gasteiger partial charge in [-0.1, -0.05) is 0 Å². The average molecular weight is 103 g/mol. The molecular weight excluding hydrogens is 98.1 g/mol. The summed E-state index contributed by atoms with van der Waals surface area (Å²) in [7, 11) is 1.79. The lowest BCUT2D eigenvalue weighted by molar-refractivity contribution is 0.234. The van der Waals surface area contributed by atoms with Crippen molar-refractivity contribution in [2.75, 3.05) is 12.9 Å². The highest BCUT2D eigenvalue weighted by Gasteiger charge is 2.18. The molecule has 34 valence electrons. The summed E-state index contributed by atoms with van der Waals surface area (Å²) in [6.07, 6.45) is 0. The van der Waals surface area contributed by atoms with Crippen molar-refractivity contribution in [3.63, 3.8) is 0 Å². The number of rotatable bonds is 0. The number of hydrogen-bond donors (Lipinski definition) is 0. The number of carbonyl (C=O) groups excluding carboxylic acids is 1. The second-order valence-electron chi connectivity index (χ2n) is 1.24. The largest absolute Gasteiger partial charge is 0.327 e. The zero-order valence-electron chi connectivity index (χ0n) is 3.47. The van der Waals surface area contributed by atoms with Gasteiger partial charge in [0.1, 0.15) is 0 Å². The standard InChI is InChI=1S/C3H5NOS/c1-4-2-6-3(4)5/h2H2,1H3. The Kier molecular flexibility index (Phi) is 0.765. The molecule has 0 aromatic carbocycles. The SMILES string of the molecule is CN1CSC1=O. The molecule has 1 aliphatic rings. The Balaban J connectivity index is 2.39. The maximum Gasteiger partial charge on any atom is 0.283 e. The minimum absolute atomic E-state index is 0.190. The van der Waals surface area contributed by atoms with Crippen LogP contribution in [0.15, 0.2) is 0 Å². The van der Waals surface area contributed by atoms with E-state index in [0.29, 0.717) is 0 Å². The molecular formula is C3H5NOS. The fourth-order valence-corrected chi connectivity index (χ4v) is 0.739. The van der Waals surface area contributed by atoms with Crippen LogP contribution in [0.25, 0.3) is 0 Å². The summed E-state index contributed by atoms with van der Waals surface area (Å²) in [4.78, 5) is 11.8. The molecule has 0 radical (unpaired) electrons. The Bertz CT molecular complexity index is 82.9. The molecule has 0 aromatic rings. The number of thioether (sulfide) groups is 1. The van der Waals surface area contributed by atoms with Gasteiger partial charge in [0.25, 0.3) is 5.24 Å². The Morgan fingerprint density at radius 2 is 2.50 bits per heavy atom. The first-order chi connectivity index (χ1) is 2.80. The molecule has 0 spiro atoms. The van der Waals surface area contributed by atoms with Gasteiger partial charge < -0.3 is 4.90 Å². The van der Waals surface area contributed by atoms with Gasteiger partial charge in [-0.15, -0.1) is 0 Å². The molecule has 1 saturated heterocycles. The number of hydrogen-bond acceptors (Lipinski definition) is 2. The van der Waals surface area contributed by atoms with E-state index in [-0.39, 0.29) is 5.24 Å². The molecule has 0 atom stereocenters. The lowest BCUT2D eigenvalue weighted by Crippen LogP contribution is -2.32. The van der Waals surface area contributed by atoms with Gasteiger partial charge in [-0.25, -0.2) is 0 Å². The first-order valence-corrected chi connectivity index (χ1v) is 2.67. The fraction of sp³-hybridized carbons (Fsp3) is 0.667. The van der Waals surface area contributed by atoms with Gasteiger partial charge in [0.15, 0.2) is 0 Å². The number of carbonyl (C=O) groups is 1. The van der Waals surface area contributed by atoms with E-state index in [1.165, 1.54) is 11.8 Å². The van der Waals surface area contributed by atoms with Crippen molar-refractivity contribution in [2.45, 2.75) is 0 Å². The van der Waals surface area contributed by atoms with Crippen LogP contribution in [0.4, 0.5) is 4.79 Å². The third-order valence-electron chi connectivity index (χ3n) is 0.693. The predicted octanol–water partition coefficient (Wildman–Crippen LogP) is 0.742. The van der Waals surface area contributed by atoms with E-state index >= 15 is 0 Å². The Labute approximate surface area is 40.5 Å². The third kappa shape index (κ3) is 0.391. The van der Waals surface area contributed by atoms with Crippen LogP contribution >= 0.6 is 11.8 Å². The second-order valence-corrected chi connectivity index (χ2v) is 2.13. The molecule has 3 heteroatoms. The minimum Gasteiger partial charge on any atom is -0.327 e. The lowest BCUT2D eigenvalue weighted by Gasteiger charge is -2.23. The van der Waals surface area contributed by atoms with Crippen LogP contribution in [0, 0.1) is 0 Å². The lowest BCUT2D eigenvalue weighted by atomic mass is 10.9. The third-order valence-corrected chi connectivity index (χ3v) is 1.77. The summed E-state index contributed by atoms with van der Waals surface area (Å²) in [6.45, 7) is 0. The fourth-order valence-electron chi connectivity index (χ4n) is 0.246. The van der Waals surface area contributed by atoms with Crippen LogP contribution in [0.5, 0.6) is 0 Å². The van der Waals surface area contributed by atoms with E-state index in [9.17, 15) is 4.79 Å². The Morgan fingerprint density at radius 3 is 2.50 bits per heavy atom. The summed E-state index contributed by atoms with van der Waals surface area (Å²) >= 11 is 1.36. The van der Waals surface area contributed by atoms with Gasteiger partial charge in [0.05, 0.1) is 5.88 Å². The maximum absolute atomic E-state index is 10.1. The van der Waals surface area contributed by atoms with Crippen molar-refractivity contribution in [2.24, 2.45) is 0 Å². The summed E-state index contributed by atoms with van der Waals surface area (Å²) in [5.41, 5.74) is 0. The molecule has 6 heavy (non-hydrogen) atoms. The topological polar surface area (TPSA) is 20.3 Å². The van der Waals surface area contributed by atoms with Crippen molar-refractivity contribution in [3.05, 3.63) is 0 Å². The highest BCUT2D eigenvalue weighted by Crippen LogP contribution is 2.18. The molecule has 0 bridgehead atoms. The number of amides is 1. The van der Waals surface area contributed by atoms with Crippen molar-refractivity contribution < 1.29 is 4.79 Å². The van der Waals surface area contributed by atoms with Crippen molar-refractivity contribution in [3.8, 4) is 0 Å². The second kappa shape index (κ2) is 1.15. The smallest absolute Gasteiger partial charge is 0.283 e. The molecule has 0 N–H and O–H groups in total. The molecule has 1 heterocycles. The first kappa shape index (κ1) is 3.99. The highest BCUT2D eigenvalue weighted by molar-refractivity contribution is 8.15. The quantitative estimate of drug-likeness (QED) is 0.450. The Hall–Kier alpha value is -0.180. The molecule has 1 fully saturated rings. The highest BCUT2D eigenvalue weighted by atomic mass is 32.2. The molecule has 0 aliphatic carbocycles. The van der Waals surface area contributed by atoms with Crippen LogP contribution in [-0.4, -0.2) is 23.1 Å². The van der Waals surface area contributed by atoms with Crippen molar-refractivity contribution in [1.29, 1.82) is 0 Å². The summed E-state index contributed by atoms with van der Waals surface area (Å²) in [5.74, 6) is 0.874. The number of nitrogens with zero attached hydrogens (tertiary/aromatic N) is 1. The molecule has 0 saturated carbocycles. The normalized spacial score (nSPS) is 20.8. The molecule has 1 rings (SSSR count). The van der Waals surface area contributed by atoms with E-state index in [4.69, 9.17) is 0 Å². The summed E-state index contributed by atoms with van der Waals surface area (Å²) in [5, 5.41) is 0.190. The maximum atomic E-state index is 10.1. The van der Waals surface area contributed by atoms with Gasteiger partial charge in [-0.2, -0.15) is 0 Å². The van der Waals surface area contributed by atoms with Crippen molar-refractivity contribution >= 4 is 17.0 Å². The first-order valence-electron chi connectivity index (χ1n) is 1.68. The van der Waals surface area contributed by atoms with Crippen molar-refractivity contribution in [1.82, 2.24) is 4.90 Å². The van der Waals surface area contributed by atoms with Gasteiger partial charge in [0.2, 0.25) is 0 Å². The summed E-state index contributed by atoms with van der Waals surface area (Å²) in [6, 6.07) is 0. The van der Waals surface area contributed by atoms with Gasteiger partial charge in [-0.3, -0.25) is 4.79 Å². The van der Waals surface area contributed by atoms with E-state index < -0.39 is 0 Å². The van der Waals surface area contributed by atoms with Crippen LogP contribution in [-0.2, 0) is 0 Å². The van der Waals surface area contributed by atoms with Gasteiger partial charge in [-0.05, 0) is 11.8 Å². The summed E-state index contributed by atoms with van der Waals surface area (Å²) < 4.78 is 0. The molecule has 2 nitrogen and oxygen atoms in total. The monoisotopic (exact) mass is 103 g/mol.